The number of fused-ring (bicyclic) bond motifs is 2. The minimum absolute atomic E-state index is 0.0180. The number of methoxy groups -OCH3 is 2. The molecule has 0 radical (unpaired) electrons. The Balaban J connectivity index is 1.56. The third-order valence-corrected chi connectivity index (χ3v) is 13.0. The minimum Gasteiger partial charge on any atom is -0.496 e. The molecule has 1 amide bonds. The summed E-state index contributed by atoms with van der Waals surface area (Å²) >= 11 is 0. The molecule has 4 aromatic carbocycles. The number of benzene rings is 4. The number of hydrogen-bond donors (Lipinski definition) is 4. The molecule has 0 heterocycles. The Bertz CT molecular complexity index is 2390. The average molecular weight is 843 g/mol. The van der Waals surface area contributed by atoms with E-state index >= 15 is 0 Å². The van der Waals surface area contributed by atoms with E-state index in [-0.39, 0.29) is 52.4 Å². The van der Waals surface area contributed by atoms with Crippen LogP contribution in [0.5, 0.6) is 11.5 Å². The van der Waals surface area contributed by atoms with E-state index in [1.165, 1.54) is 26.4 Å². The Morgan fingerprint density at radius 1 is 0.754 bits per heavy atom. The third-order valence-electron chi connectivity index (χ3n) is 9.77. The largest absolute Gasteiger partial charge is 0.496 e. The fourth-order valence-corrected chi connectivity index (χ4v) is 10.3. The van der Waals surface area contributed by atoms with Crippen molar-refractivity contribution >= 4 is 43.2 Å². The van der Waals surface area contributed by atoms with Gasteiger partial charge in [-0.2, -0.15) is 39.2 Å². The van der Waals surface area contributed by atoms with Crippen molar-refractivity contribution in [1.29, 1.82) is 0 Å². The number of nitrogens with one attached hydrogen (secondary N) is 3. The van der Waals surface area contributed by atoms with Gasteiger partial charge in [0, 0.05) is 23.4 Å². The number of carboxylic acid groups (broad SMARTS) is 1. The molecule has 4 aromatic rings. The molecule has 0 saturated heterocycles. The molecule has 0 unspecified atom stereocenters. The van der Waals surface area contributed by atoms with Crippen molar-refractivity contribution in [3.05, 3.63) is 100 Å². The summed E-state index contributed by atoms with van der Waals surface area (Å²) < 4.78 is 154. The van der Waals surface area contributed by atoms with Gasteiger partial charge in [-0.15, -0.1) is 0 Å². The van der Waals surface area contributed by atoms with Crippen molar-refractivity contribution in [2.75, 3.05) is 28.8 Å². The summed E-state index contributed by atoms with van der Waals surface area (Å²) in [5, 5.41) is 11.7. The molecule has 0 spiro atoms. The summed E-state index contributed by atoms with van der Waals surface area (Å²) in [6.07, 6.45) is -8.78. The number of rotatable bonds is 11. The summed E-state index contributed by atoms with van der Waals surface area (Å²) in [6.45, 7) is 0. The van der Waals surface area contributed by atoms with Crippen LogP contribution in [-0.4, -0.2) is 48.3 Å². The first-order valence-electron chi connectivity index (χ1n) is 17.3. The number of amides is 1. The van der Waals surface area contributed by atoms with E-state index in [1.54, 1.807) is 0 Å². The van der Waals surface area contributed by atoms with E-state index in [1.807, 2.05) is 0 Å². The Kier molecular flexibility index (Phi) is 11.2. The van der Waals surface area contributed by atoms with Crippen LogP contribution in [-0.2, 0) is 58.1 Å². The molecule has 0 saturated carbocycles. The van der Waals surface area contributed by atoms with Crippen LogP contribution in [0.3, 0.4) is 0 Å². The molecule has 4 N–H and O–H groups in total. The highest BCUT2D eigenvalue weighted by Crippen LogP contribution is 2.43. The first-order valence-corrected chi connectivity index (χ1v) is 20.3. The molecule has 12 nitrogen and oxygen atoms in total. The van der Waals surface area contributed by atoms with E-state index in [0.29, 0.717) is 64.8 Å². The molecule has 0 aliphatic heterocycles. The number of anilines is 3. The lowest BCUT2D eigenvalue weighted by Gasteiger charge is -2.32. The van der Waals surface area contributed by atoms with Gasteiger partial charge >= 0.3 is 18.4 Å². The molecule has 1 atom stereocenters. The zero-order valence-electron chi connectivity index (χ0n) is 30.2. The van der Waals surface area contributed by atoms with Gasteiger partial charge in [0.1, 0.15) is 16.4 Å². The molecular formula is C37H36F6N4O8S2. The van der Waals surface area contributed by atoms with Gasteiger partial charge in [0.25, 0.3) is 20.0 Å². The Hall–Kier alpha value is -5.37. The predicted octanol–water partition coefficient (Wildman–Crippen LogP) is 7.77. The van der Waals surface area contributed by atoms with Crippen LogP contribution in [0.2, 0.25) is 0 Å². The fraction of sp³-hybridized carbons (Fsp3) is 0.324. The van der Waals surface area contributed by atoms with E-state index in [4.69, 9.17) is 9.47 Å². The average Bonchev–Trinajstić information content (AvgIpc) is 3.15. The van der Waals surface area contributed by atoms with Crippen LogP contribution in [0.15, 0.2) is 76.5 Å². The van der Waals surface area contributed by atoms with Gasteiger partial charge in [0.05, 0.1) is 41.6 Å². The first-order chi connectivity index (χ1) is 26.7. The maximum atomic E-state index is 14.9. The van der Waals surface area contributed by atoms with Crippen LogP contribution >= 0.6 is 0 Å². The Labute approximate surface area is 323 Å². The lowest BCUT2D eigenvalue weighted by molar-refractivity contribution is -0.138. The second-order valence-electron chi connectivity index (χ2n) is 13.3. The predicted molar refractivity (Wildman–Crippen MR) is 197 cm³/mol. The highest BCUT2D eigenvalue weighted by atomic mass is 32.2. The SMILES string of the molecule is COc1ccc(S(=O)(=O)N(Nc2cc(OC)c3c(c2S(=O)(=O)Nc2ccc(C(F)(F)F)cc2)CC[C@H](NC(=O)O)C3)c2ccc(C(F)(F)F)cc2)c2c1CCCC2. The topological polar surface area (TPSA) is 163 Å². The quantitative estimate of drug-likeness (QED) is 0.0873. The van der Waals surface area contributed by atoms with Crippen molar-refractivity contribution in [2.45, 2.75) is 73.1 Å². The summed E-state index contributed by atoms with van der Waals surface area (Å²) in [5.41, 5.74) is 0.826. The fourth-order valence-electron chi connectivity index (χ4n) is 7.18. The lowest BCUT2D eigenvalue weighted by Crippen LogP contribution is -2.40. The highest BCUT2D eigenvalue weighted by molar-refractivity contribution is 7.93. The maximum Gasteiger partial charge on any atom is 0.416 e. The molecule has 2 aliphatic carbocycles. The Morgan fingerprint density at radius 2 is 1.33 bits per heavy atom. The number of sulfonamides is 2. The van der Waals surface area contributed by atoms with Crippen molar-refractivity contribution in [3.63, 3.8) is 0 Å². The number of hydrazine groups is 1. The van der Waals surface area contributed by atoms with Gasteiger partial charge in [-0.25, -0.2) is 13.2 Å². The van der Waals surface area contributed by atoms with Crippen molar-refractivity contribution in [3.8, 4) is 11.5 Å². The van der Waals surface area contributed by atoms with Crippen LogP contribution < -0.4 is 29.4 Å². The number of hydrogen-bond acceptors (Lipinski definition) is 8. The van der Waals surface area contributed by atoms with Gasteiger partial charge in [-0.05, 0) is 122 Å². The number of ether oxygens (including phenoxy) is 2. The second-order valence-corrected chi connectivity index (χ2v) is 16.7. The van der Waals surface area contributed by atoms with Crippen LogP contribution in [0, 0.1) is 0 Å². The number of halogens is 6. The molecule has 6 rings (SSSR count). The standard InChI is InChI=1S/C37H36F6N4O8S2/c1-54-31-17-18-33(27-6-4-3-5-26(27)31)57(52,53)47(25-14-9-22(10-15-25)37(41,42)43)45-30-20-32(55-2)29-19-24(44-35(48)49)13-16-28(29)34(30)56(50,51)46-23-11-7-21(8-12-23)36(38,39)40/h7-12,14-15,17-18,20,24,44-46H,3-6,13,16,19H2,1-2H3,(H,48,49)/t24-/m0/s1. The first kappa shape index (κ1) is 41.3. The van der Waals surface area contributed by atoms with E-state index < -0.39 is 66.2 Å². The van der Waals surface area contributed by atoms with Crippen LogP contribution in [0.1, 0.15) is 52.6 Å². The zero-order valence-corrected chi connectivity index (χ0v) is 31.8. The molecule has 0 aromatic heterocycles. The molecule has 2 aliphatic rings. The number of nitrogens with zero attached hydrogens (tertiary/aromatic N) is 1. The summed E-state index contributed by atoms with van der Waals surface area (Å²) in [7, 11) is -7.01. The lowest BCUT2D eigenvalue weighted by atomic mass is 9.87. The molecular weight excluding hydrogens is 807 g/mol. The van der Waals surface area contributed by atoms with Gasteiger partial charge in [-0.3, -0.25) is 10.1 Å². The third kappa shape index (κ3) is 8.51. The van der Waals surface area contributed by atoms with Crippen molar-refractivity contribution < 1.29 is 62.6 Å². The van der Waals surface area contributed by atoms with E-state index in [2.05, 4.69) is 15.5 Å². The normalized spacial score (nSPS) is 15.8. The number of alkyl halides is 6. The van der Waals surface area contributed by atoms with Crippen molar-refractivity contribution in [2.24, 2.45) is 0 Å². The van der Waals surface area contributed by atoms with Crippen LogP contribution in [0.4, 0.5) is 48.2 Å². The van der Waals surface area contributed by atoms with Gasteiger partial charge < -0.3 is 19.9 Å². The summed E-state index contributed by atoms with van der Waals surface area (Å²) in [5.74, 6) is 0.458. The van der Waals surface area contributed by atoms with Gasteiger partial charge in [0.2, 0.25) is 0 Å². The molecule has 0 fully saturated rings. The monoisotopic (exact) mass is 842 g/mol. The second kappa shape index (κ2) is 15.5. The van der Waals surface area contributed by atoms with E-state index in [9.17, 15) is 53.1 Å². The molecule has 20 heteroatoms. The van der Waals surface area contributed by atoms with Crippen molar-refractivity contribution in [1.82, 2.24) is 5.32 Å². The summed E-state index contributed by atoms with van der Waals surface area (Å²) in [6, 6.07) is 9.44. The highest BCUT2D eigenvalue weighted by Gasteiger charge is 2.38. The van der Waals surface area contributed by atoms with Crippen LogP contribution in [0.25, 0.3) is 0 Å². The van der Waals surface area contributed by atoms with Gasteiger partial charge in [-0.1, -0.05) is 0 Å². The smallest absolute Gasteiger partial charge is 0.416 e. The van der Waals surface area contributed by atoms with E-state index in [0.717, 1.165) is 36.8 Å². The van der Waals surface area contributed by atoms with Gasteiger partial charge in [0.15, 0.2) is 0 Å². The number of carbonyl (C=O) groups is 1. The maximum absolute atomic E-state index is 14.9. The molecule has 306 valence electrons. The zero-order chi connectivity index (χ0) is 41.5. The summed E-state index contributed by atoms with van der Waals surface area (Å²) in [4.78, 5) is 10.7. The molecule has 0 bridgehead atoms. The Morgan fingerprint density at radius 3 is 1.89 bits per heavy atom. The minimum atomic E-state index is -4.86. The molecule has 57 heavy (non-hydrogen) atoms.